The lowest BCUT2D eigenvalue weighted by molar-refractivity contribution is -0.116. The summed E-state index contributed by atoms with van der Waals surface area (Å²) in [5, 5.41) is 3.83. The van der Waals surface area contributed by atoms with Gasteiger partial charge in [-0.15, -0.1) is 0 Å². The second-order valence-corrected chi connectivity index (χ2v) is 8.45. The number of fused-ring (bicyclic) bond motifs is 3. The molecule has 0 saturated carbocycles. The summed E-state index contributed by atoms with van der Waals surface area (Å²) in [5.74, 6) is -0.0372. The van der Waals surface area contributed by atoms with Crippen molar-refractivity contribution in [3.05, 3.63) is 29.5 Å². The Morgan fingerprint density at radius 3 is 2.66 bits per heavy atom. The molecule has 29 heavy (non-hydrogen) atoms. The van der Waals surface area contributed by atoms with Crippen LogP contribution in [0.15, 0.2) is 18.2 Å². The molecule has 1 heterocycles. The second kappa shape index (κ2) is 8.83. The average Bonchev–Trinajstić information content (AvgIpc) is 3.00. The zero-order valence-corrected chi connectivity index (χ0v) is 17.9. The first-order valence-electron chi connectivity index (χ1n) is 10.1. The van der Waals surface area contributed by atoms with Crippen LogP contribution in [0.1, 0.15) is 57.4 Å². The number of amides is 1. The van der Waals surface area contributed by atoms with Gasteiger partial charge in [0.1, 0.15) is 6.10 Å². The molecule has 2 atom stereocenters. The van der Waals surface area contributed by atoms with Gasteiger partial charge in [0.25, 0.3) is 0 Å². The van der Waals surface area contributed by atoms with E-state index in [4.69, 9.17) is 4.18 Å². The molecule has 160 valence electrons. The van der Waals surface area contributed by atoms with Crippen LogP contribution in [0.25, 0.3) is 10.9 Å². The van der Waals surface area contributed by atoms with E-state index in [0.29, 0.717) is 24.2 Å². The number of carbonyl (C=O) groups is 1. The lowest BCUT2D eigenvalue weighted by Crippen LogP contribution is -2.40. The quantitative estimate of drug-likeness (QED) is 0.561. The van der Waals surface area contributed by atoms with Crippen molar-refractivity contribution in [1.29, 1.82) is 0 Å². The molecule has 0 fully saturated rings. The minimum atomic E-state index is -4.59. The molecule has 0 saturated heterocycles. The molecule has 1 aliphatic carbocycles. The minimum Gasteiger partial charge on any atom is -0.356 e. The van der Waals surface area contributed by atoms with E-state index < -0.39 is 16.5 Å². The van der Waals surface area contributed by atoms with E-state index in [1.165, 1.54) is 0 Å². The van der Waals surface area contributed by atoms with Crippen molar-refractivity contribution in [2.45, 2.75) is 58.6 Å². The number of nitrogens with zero attached hydrogens (tertiary/aromatic N) is 1. The van der Waals surface area contributed by atoms with E-state index in [2.05, 4.69) is 29.0 Å². The lowest BCUT2D eigenvalue weighted by Gasteiger charge is -2.35. The Bertz CT molecular complexity index is 981. The molecule has 0 spiro atoms. The largest absolute Gasteiger partial charge is 0.397 e. The van der Waals surface area contributed by atoms with Gasteiger partial charge >= 0.3 is 10.4 Å². The zero-order valence-electron chi connectivity index (χ0n) is 17.1. The van der Waals surface area contributed by atoms with Crippen molar-refractivity contribution in [3.8, 4) is 0 Å². The van der Waals surface area contributed by atoms with E-state index in [1.54, 1.807) is 0 Å². The summed E-state index contributed by atoms with van der Waals surface area (Å²) in [6.07, 6.45) is 1.63. The van der Waals surface area contributed by atoms with Crippen LogP contribution in [0.5, 0.6) is 0 Å². The number of nitrogens with one attached hydrogen (secondary N) is 2. The van der Waals surface area contributed by atoms with E-state index in [0.717, 1.165) is 42.4 Å². The SMILES string of the molecule is CCCC(=O)Nc1ccc2[nH]c3c(c2c1)CC(N(CC)CC)CC3OS(=O)(=O)O. The van der Waals surface area contributed by atoms with Crippen molar-refractivity contribution in [1.82, 2.24) is 9.88 Å². The van der Waals surface area contributed by atoms with Gasteiger partial charge in [-0.3, -0.25) is 9.35 Å². The van der Waals surface area contributed by atoms with E-state index in [1.807, 2.05) is 25.1 Å². The van der Waals surface area contributed by atoms with E-state index >= 15 is 0 Å². The summed E-state index contributed by atoms with van der Waals surface area (Å²) in [6, 6.07) is 5.68. The molecule has 9 heteroatoms. The maximum atomic E-state index is 12.0. The number of aromatic amines is 1. The third-order valence-corrected chi connectivity index (χ3v) is 5.99. The van der Waals surface area contributed by atoms with Crippen molar-refractivity contribution < 1.29 is 21.9 Å². The van der Waals surface area contributed by atoms with Crippen molar-refractivity contribution in [2.75, 3.05) is 18.4 Å². The van der Waals surface area contributed by atoms with Gasteiger partial charge in [0, 0.05) is 29.1 Å². The number of rotatable bonds is 8. The number of carbonyl (C=O) groups excluding carboxylic acids is 1. The van der Waals surface area contributed by atoms with Crippen LogP contribution < -0.4 is 5.32 Å². The second-order valence-electron chi connectivity index (χ2n) is 7.40. The highest BCUT2D eigenvalue weighted by atomic mass is 32.3. The highest BCUT2D eigenvalue weighted by molar-refractivity contribution is 7.80. The lowest BCUT2D eigenvalue weighted by atomic mass is 9.88. The molecule has 8 nitrogen and oxygen atoms in total. The summed E-state index contributed by atoms with van der Waals surface area (Å²) >= 11 is 0. The molecule has 1 aliphatic rings. The molecule has 3 N–H and O–H groups in total. The number of hydrogen-bond acceptors (Lipinski definition) is 5. The number of likely N-dealkylation sites (N-methyl/N-ethyl adjacent to an activating group) is 1. The standard InChI is InChI=1S/C20H29N3O5S/c1-4-7-19(24)21-13-8-9-17-15(10-13)16-11-14(23(5-2)6-3)12-18(20(16)22-17)28-29(25,26)27/h8-10,14,18,22H,4-7,11-12H2,1-3H3,(H,21,24)(H,25,26,27). The van der Waals surface area contributed by atoms with Crippen molar-refractivity contribution in [3.63, 3.8) is 0 Å². The number of aromatic nitrogens is 1. The molecule has 0 bridgehead atoms. The van der Waals surface area contributed by atoms with E-state index in [9.17, 15) is 17.8 Å². The van der Waals surface area contributed by atoms with Gasteiger partial charge in [0.15, 0.2) is 0 Å². The van der Waals surface area contributed by atoms with Crippen LogP contribution in [0.2, 0.25) is 0 Å². The summed E-state index contributed by atoms with van der Waals surface area (Å²) in [5.41, 5.74) is 3.17. The fourth-order valence-electron chi connectivity index (χ4n) is 4.23. The van der Waals surface area contributed by atoms with Gasteiger partial charge in [0.05, 0.1) is 5.69 Å². The molecule has 2 aromatic rings. The summed E-state index contributed by atoms with van der Waals surface area (Å²) < 4.78 is 37.2. The smallest absolute Gasteiger partial charge is 0.356 e. The van der Waals surface area contributed by atoms with Crippen LogP contribution >= 0.6 is 0 Å². The van der Waals surface area contributed by atoms with Gasteiger partial charge in [-0.1, -0.05) is 20.8 Å². The van der Waals surface area contributed by atoms with Crippen molar-refractivity contribution >= 4 is 32.9 Å². The molecule has 2 unspecified atom stereocenters. The van der Waals surface area contributed by atoms with Crippen LogP contribution in [0, 0.1) is 0 Å². The summed E-state index contributed by atoms with van der Waals surface area (Å²) in [7, 11) is -4.59. The topological polar surface area (TPSA) is 112 Å². The Kier molecular flexibility index (Phi) is 6.62. The Morgan fingerprint density at radius 1 is 1.31 bits per heavy atom. The van der Waals surface area contributed by atoms with Crippen molar-refractivity contribution in [2.24, 2.45) is 0 Å². The maximum absolute atomic E-state index is 12.0. The highest BCUT2D eigenvalue weighted by Gasteiger charge is 2.35. The van der Waals surface area contributed by atoms with Gasteiger partial charge in [-0.05, 0) is 56.1 Å². The first-order valence-corrected chi connectivity index (χ1v) is 11.5. The first kappa shape index (κ1) is 21.8. The molecule has 1 aromatic carbocycles. The maximum Gasteiger partial charge on any atom is 0.397 e. The highest BCUT2D eigenvalue weighted by Crippen LogP contribution is 2.39. The van der Waals surface area contributed by atoms with E-state index in [-0.39, 0.29) is 11.9 Å². The molecule has 1 aromatic heterocycles. The molecule has 1 amide bonds. The Hall–Kier alpha value is -1.94. The van der Waals surface area contributed by atoms with Crippen LogP contribution in [0.3, 0.4) is 0 Å². The van der Waals surface area contributed by atoms with Crippen LogP contribution in [0.4, 0.5) is 5.69 Å². The number of benzene rings is 1. The van der Waals surface area contributed by atoms with Gasteiger partial charge in [0.2, 0.25) is 5.91 Å². The van der Waals surface area contributed by atoms with Gasteiger partial charge < -0.3 is 15.2 Å². The number of hydrogen-bond donors (Lipinski definition) is 3. The number of anilines is 1. The summed E-state index contributed by atoms with van der Waals surface area (Å²) in [4.78, 5) is 17.5. The molecule has 0 radical (unpaired) electrons. The van der Waals surface area contributed by atoms with Crippen LogP contribution in [-0.2, 0) is 25.8 Å². The fraction of sp³-hybridized carbons (Fsp3) is 0.550. The molecular formula is C20H29N3O5S. The Morgan fingerprint density at radius 2 is 2.03 bits per heavy atom. The van der Waals surface area contributed by atoms with Gasteiger partial charge in [-0.2, -0.15) is 8.42 Å². The molecular weight excluding hydrogens is 394 g/mol. The average molecular weight is 424 g/mol. The Labute approximate surface area is 171 Å². The first-order chi connectivity index (χ1) is 13.8. The normalized spacial score (nSPS) is 19.5. The predicted octanol–water partition coefficient (Wildman–Crippen LogP) is 3.42. The molecule has 0 aliphatic heterocycles. The van der Waals surface area contributed by atoms with Gasteiger partial charge in [-0.25, -0.2) is 4.18 Å². The third kappa shape index (κ3) is 4.98. The Balaban J connectivity index is 2.03. The predicted molar refractivity (Wildman–Crippen MR) is 112 cm³/mol. The number of H-pyrrole nitrogens is 1. The monoisotopic (exact) mass is 423 g/mol. The zero-order chi connectivity index (χ0) is 21.2. The summed E-state index contributed by atoms with van der Waals surface area (Å²) in [6.45, 7) is 7.74. The minimum absolute atomic E-state index is 0.0372. The molecule has 3 rings (SSSR count). The third-order valence-electron chi connectivity index (χ3n) is 5.51. The fourth-order valence-corrected chi connectivity index (χ4v) is 4.70. The van der Waals surface area contributed by atoms with Crippen LogP contribution in [-0.4, -0.2) is 47.9 Å².